The van der Waals surface area contributed by atoms with Crippen LogP contribution in [0.25, 0.3) is 0 Å². The van der Waals surface area contributed by atoms with Gasteiger partial charge in [-0.1, -0.05) is 47.6 Å². The van der Waals surface area contributed by atoms with E-state index >= 15 is 0 Å². The summed E-state index contributed by atoms with van der Waals surface area (Å²) in [7, 11) is -3.28. The van der Waals surface area contributed by atoms with Crippen LogP contribution in [0, 0.1) is 0 Å². The Balaban J connectivity index is 1.24. The Hall–Kier alpha value is -2.75. The average Bonchev–Trinajstić information content (AvgIpc) is 3.27. The van der Waals surface area contributed by atoms with Crippen LogP contribution in [0.3, 0.4) is 0 Å². The van der Waals surface area contributed by atoms with E-state index in [-0.39, 0.29) is 12.0 Å². The largest absolute Gasteiger partial charge is 0.339 e. The van der Waals surface area contributed by atoms with E-state index in [0.29, 0.717) is 23.8 Å². The summed E-state index contributed by atoms with van der Waals surface area (Å²) in [5, 5.41) is 4.15. The molecular formula is C24H31N5O3S. The normalized spacial score (nSPS) is 16.5. The van der Waals surface area contributed by atoms with Gasteiger partial charge in [0.25, 0.3) is 0 Å². The van der Waals surface area contributed by atoms with Crippen LogP contribution < -0.4 is 10.5 Å². The van der Waals surface area contributed by atoms with Crippen molar-refractivity contribution in [2.75, 3.05) is 30.6 Å². The number of nitrogens with zero attached hydrogens (tertiary/aromatic N) is 3. The summed E-state index contributed by atoms with van der Waals surface area (Å²) in [5.41, 5.74) is 9.05. The van der Waals surface area contributed by atoms with Gasteiger partial charge in [0.15, 0.2) is 5.82 Å². The lowest BCUT2D eigenvalue weighted by Crippen LogP contribution is -2.35. The van der Waals surface area contributed by atoms with Gasteiger partial charge in [-0.15, -0.1) is 0 Å². The second-order valence-electron chi connectivity index (χ2n) is 8.72. The molecule has 2 heterocycles. The minimum Gasteiger partial charge on any atom is -0.339 e. The molecule has 8 nitrogen and oxygen atoms in total. The van der Waals surface area contributed by atoms with Crippen molar-refractivity contribution in [3.05, 3.63) is 77.4 Å². The minimum atomic E-state index is -3.28. The molecule has 1 aromatic heterocycles. The zero-order valence-corrected chi connectivity index (χ0v) is 19.7. The van der Waals surface area contributed by atoms with Gasteiger partial charge >= 0.3 is 0 Å². The number of piperidine rings is 1. The summed E-state index contributed by atoms with van der Waals surface area (Å²) in [5.74, 6) is 1.64. The summed E-state index contributed by atoms with van der Waals surface area (Å²) < 4.78 is 30.7. The summed E-state index contributed by atoms with van der Waals surface area (Å²) in [6.07, 6.45) is 4.60. The van der Waals surface area contributed by atoms with Gasteiger partial charge in [0.2, 0.25) is 15.9 Å². The SMILES string of the molecule is CS(=O)(=O)Nc1ccc(Cc2noc(C3CCN(CCC(N)c4ccccc4)CC3)n2)cc1. The van der Waals surface area contributed by atoms with E-state index in [9.17, 15) is 8.42 Å². The molecule has 9 heteroatoms. The number of rotatable bonds is 9. The van der Waals surface area contributed by atoms with E-state index in [4.69, 9.17) is 10.3 Å². The molecule has 1 fully saturated rings. The van der Waals surface area contributed by atoms with Gasteiger partial charge in [0.1, 0.15) is 0 Å². The second kappa shape index (κ2) is 10.5. The standard InChI is InChI=1S/C24H31N5O3S/c1-33(30,31)28-21-9-7-18(8-10-21)17-23-26-24(32-27-23)20-11-14-29(15-12-20)16-13-22(25)19-5-3-2-4-6-19/h2-10,20,22,28H,11-17,25H2,1H3. The smallest absolute Gasteiger partial charge is 0.229 e. The lowest BCUT2D eigenvalue weighted by molar-refractivity contribution is 0.189. The van der Waals surface area contributed by atoms with E-state index in [2.05, 4.69) is 31.9 Å². The Labute approximate surface area is 195 Å². The van der Waals surface area contributed by atoms with Crippen molar-refractivity contribution < 1.29 is 12.9 Å². The van der Waals surface area contributed by atoms with Gasteiger partial charge in [-0.05, 0) is 62.2 Å². The molecule has 0 aliphatic carbocycles. The summed E-state index contributed by atoms with van der Waals surface area (Å²) in [6, 6.07) is 17.5. The van der Waals surface area contributed by atoms with Crippen LogP contribution in [0.5, 0.6) is 0 Å². The van der Waals surface area contributed by atoms with Gasteiger partial charge in [0.05, 0.1) is 6.26 Å². The molecule has 1 aliphatic rings. The quantitative estimate of drug-likeness (QED) is 0.494. The fourth-order valence-electron chi connectivity index (χ4n) is 4.18. The van der Waals surface area contributed by atoms with Crippen molar-refractivity contribution in [3.8, 4) is 0 Å². The Morgan fingerprint density at radius 3 is 2.48 bits per heavy atom. The molecule has 1 unspecified atom stereocenters. The molecule has 1 atom stereocenters. The zero-order valence-electron chi connectivity index (χ0n) is 18.9. The van der Waals surface area contributed by atoms with Crippen molar-refractivity contribution >= 4 is 15.7 Å². The minimum absolute atomic E-state index is 0.0682. The fraction of sp³-hybridized carbons (Fsp3) is 0.417. The number of nitrogens with two attached hydrogens (primary N) is 1. The Kier molecular flexibility index (Phi) is 7.42. The van der Waals surface area contributed by atoms with Gasteiger partial charge < -0.3 is 15.2 Å². The van der Waals surface area contributed by atoms with E-state index in [1.807, 2.05) is 30.3 Å². The molecule has 1 saturated heterocycles. The van der Waals surface area contributed by atoms with Crippen LogP contribution in [0.4, 0.5) is 5.69 Å². The highest BCUT2D eigenvalue weighted by Gasteiger charge is 2.25. The topological polar surface area (TPSA) is 114 Å². The third-order valence-electron chi connectivity index (χ3n) is 6.02. The van der Waals surface area contributed by atoms with Crippen LogP contribution in [0.15, 0.2) is 59.1 Å². The molecular weight excluding hydrogens is 438 g/mol. The van der Waals surface area contributed by atoms with Crippen molar-refractivity contribution in [2.24, 2.45) is 5.73 Å². The van der Waals surface area contributed by atoms with Crippen molar-refractivity contribution in [2.45, 2.75) is 37.6 Å². The van der Waals surface area contributed by atoms with E-state index < -0.39 is 10.0 Å². The number of anilines is 1. The highest BCUT2D eigenvalue weighted by Crippen LogP contribution is 2.28. The number of hydrogen-bond donors (Lipinski definition) is 2. The third kappa shape index (κ3) is 6.86. The number of aromatic nitrogens is 2. The van der Waals surface area contributed by atoms with Crippen LogP contribution in [-0.4, -0.2) is 49.3 Å². The van der Waals surface area contributed by atoms with Crippen LogP contribution in [0.1, 0.15) is 54.1 Å². The predicted molar refractivity (Wildman–Crippen MR) is 128 cm³/mol. The number of benzene rings is 2. The lowest BCUT2D eigenvalue weighted by Gasteiger charge is -2.31. The molecule has 3 N–H and O–H groups in total. The van der Waals surface area contributed by atoms with Gasteiger partial charge in [-0.25, -0.2) is 8.42 Å². The molecule has 0 radical (unpaired) electrons. The number of likely N-dealkylation sites (tertiary alicyclic amines) is 1. The van der Waals surface area contributed by atoms with Crippen LogP contribution in [-0.2, 0) is 16.4 Å². The maximum Gasteiger partial charge on any atom is 0.229 e. The highest BCUT2D eigenvalue weighted by molar-refractivity contribution is 7.92. The van der Waals surface area contributed by atoms with Crippen LogP contribution in [0.2, 0.25) is 0 Å². The van der Waals surface area contributed by atoms with Crippen molar-refractivity contribution in [1.82, 2.24) is 15.0 Å². The number of nitrogens with one attached hydrogen (secondary N) is 1. The van der Waals surface area contributed by atoms with Gasteiger partial charge in [-0.3, -0.25) is 4.72 Å². The Bertz CT molecular complexity index is 1120. The number of sulfonamides is 1. The van der Waals surface area contributed by atoms with E-state index in [1.54, 1.807) is 12.1 Å². The predicted octanol–water partition coefficient (Wildman–Crippen LogP) is 3.30. The van der Waals surface area contributed by atoms with E-state index in [0.717, 1.165) is 50.7 Å². The molecule has 3 aromatic rings. The average molecular weight is 470 g/mol. The first kappa shape index (κ1) is 23.4. The third-order valence-corrected chi connectivity index (χ3v) is 6.63. The molecule has 0 spiro atoms. The second-order valence-corrected chi connectivity index (χ2v) is 10.5. The monoisotopic (exact) mass is 469 g/mol. The first-order valence-corrected chi connectivity index (χ1v) is 13.2. The highest BCUT2D eigenvalue weighted by atomic mass is 32.2. The lowest BCUT2D eigenvalue weighted by atomic mass is 9.96. The maximum absolute atomic E-state index is 11.3. The molecule has 176 valence electrons. The zero-order chi connectivity index (χ0) is 23.3. The van der Waals surface area contributed by atoms with Crippen molar-refractivity contribution in [1.29, 1.82) is 0 Å². The Morgan fingerprint density at radius 2 is 1.82 bits per heavy atom. The molecule has 0 amide bonds. The maximum atomic E-state index is 11.3. The number of hydrogen-bond acceptors (Lipinski definition) is 7. The fourth-order valence-corrected chi connectivity index (χ4v) is 4.75. The summed E-state index contributed by atoms with van der Waals surface area (Å²) in [6.45, 7) is 2.99. The summed E-state index contributed by atoms with van der Waals surface area (Å²) in [4.78, 5) is 7.08. The van der Waals surface area contributed by atoms with Crippen LogP contribution >= 0.6 is 0 Å². The van der Waals surface area contributed by atoms with Gasteiger partial charge in [0, 0.05) is 24.1 Å². The molecule has 1 aliphatic heterocycles. The molecule has 2 aromatic carbocycles. The first-order valence-electron chi connectivity index (χ1n) is 11.3. The summed E-state index contributed by atoms with van der Waals surface area (Å²) >= 11 is 0. The van der Waals surface area contributed by atoms with E-state index in [1.165, 1.54) is 5.56 Å². The van der Waals surface area contributed by atoms with Crippen molar-refractivity contribution in [3.63, 3.8) is 0 Å². The molecule has 0 bridgehead atoms. The molecule has 0 saturated carbocycles. The first-order chi connectivity index (χ1) is 15.9. The molecule has 4 rings (SSSR count). The Morgan fingerprint density at radius 1 is 1.12 bits per heavy atom. The molecule has 33 heavy (non-hydrogen) atoms. The van der Waals surface area contributed by atoms with Gasteiger partial charge in [-0.2, -0.15) is 4.98 Å².